The molecular weight excluding hydrogens is 388 g/mol. The lowest BCUT2D eigenvalue weighted by Gasteiger charge is -2.14. The van der Waals surface area contributed by atoms with Gasteiger partial charge in [0.1, 0.15) is 23.1 Å². The summed E-state index contributed by atoms with van der Waals surface area (Å²) in [6.45, 7) is 2.39. The Kier molecular flexibility index (Phi) is 4.24. The zero-order valence-corrected chi connectivity index (χ0v) is 17.2. The molecule has 1 atom stereocenters. The van der Waals surface area contributed by atoms with Crippen molar-refractivity contribution in [2.45, 2.75) is 26.3 Å². The number of nitrogens with zero attached hydrogens (tertiary/aromatic N) is 4. The molecule has 0 saturated carbocycles. The maximum Gasteiger partial charge on any atom is 0.309 e. The highest BCUT2D eigenvalue weighted by Gasteiger charge is 2.37. The first-order valence-corrected chi connectivity index (χ1v) is 10.3. The Labute approximate surface area is 172 Å². The van der Waals surface area contributed by atoms with Crippen LogP contribution in [0.4, 0.5) is 0 Å². The lowest BCUT2D eigenvalue weighted by atomic mass is 9.97. The van der Waals surface area contributed by atoms with E-state index in [1.807, 2.05) is 31.2 Å². The van der Waals surface area contributed by atoms with Crippen LogP contribution < -0.4 is 4.74 Å². The van der Waals surface area contributed by atoms with Gasteiger partial charge in [0, 0.05) is 16.0 Å². The van der Waals surface area contributed by atoms with Crippen molar-refractivity contribution < 1.29 is 14.3 Å². The molecule has 0 bridgehead atoms. The Hall–Kier alpha value is -3.00. The molecule has 2 aliphatic rings. The first kappa shape index (κ1) is 18.1. The molecule has 1 unspecified atom stereocenters. The van der Waals surface area contributed by atoms with E-state index in [2.05, 4.69) is 14.8 Å². The van der Waals surface area contributed by atoms with Crippen molar-refractivity contribution >= 4 is 23.0 Å². The summed E-state index contributed by atoms with van der Waals surface area (Å²) in [6.07, 6.45) is 1.34. The number of hydrogen-bond donors (Lipinski definition) is 0. The SMILES string of the molecule is COC(=O)C1Cc2sc3c(c2C1)C(c1ccccc1OC)=NCc1nnc(C)n1-3. The molecule has 1 aliphatic heterocycles. The first-order chi connectivity index (χ1) is 14.1. The predicted octanol–water partition coefficient (Wildman–Crippen LogP) is 2.88. The number of hydrogen-bond acceptors (Lipinski definition) is 7. The third-order valence-corrected chi connectivity index (χ3v) is 6.80. The number of aryl methyl sites for hydroxylation is 1. The van der Waals surface area contributed by atoms with Gasteiger partial charge in [0.15, 0.2) is 5.82 Å². The second kappa shape index (κ2) is 6.81. The van der Waals surface area contributed by atoms with Crippen LogP contribution in [0.3, 0.4) is 0 Å². The van der Waals surface area contributed by atoms with E-state index in [1.54, 1.807) is 18.4 Å². The molecule has 3 aromatic rings. The smallest absolute Gasteiger partial charge is 0.309 e. The van der Waals surface area contributed by atoms with Gasteiger partial charge in [0.05, 0.1) is 25.8 Å². The molecule has 0 N–H and O–H groups in total. The van der Waals surface area contributed by atoms with E-state index >= 15 is 0 Å². The summed E-state index contributed by atoms with van der Waals surface area (Å²) in [5.74, 6) is 2.12. The Morgan fingerprint density at radius 3 is 2.83 bits per heavy atom. The molecule has 0 radical (unpaired) electrons. The average Bonchev–Trinajstić information content (AvgIpc) is 3.38. The van der Waals surface area contributed by atoms with E-state index < -0.39 is 0 Å². The summed E-state index contributed by atoms with van der Waals surface area (Å²) in [4.78, 5) is 18.3. The van der Waals surface area contributed by atoms with Crippen LogP contribution >= 0.6 is 11.3 Å². The molecule has 7 nitrogen and oxygen atoms in total. The van der Waals surface area contributed by atoms with Crippen molar-refractivity contribution in [3.05, 3.63) is 57.5 Å². The summed E-state index contributed by atoms with van der Waals surface area (Å²) in [5.41, 5.74) is 4.05. The minimum absolute atomic E-state index is 0.143. The highest BCUT2D eigenvalue weighted by molar-refractivity contribution is 7.15. The second-order valence-electron chi connectivity index (χ2n) is 7.18. The summed E-state index contributed by atoms with van der Waals surface area (Å²) in [5, 5.41) is 9.66. The van der Waals surface area contributed by atoms with E-state index in [0.717, 1.165) is 39.2 Å². The van der Waals surface area contributed by atoms with Crippen LogP contribution in [0, 0.1) is 12.8 Å². The minimum atomic E-state index is -0.160. The molecule has 29 heavy (non-hydrogen) atoms. The Morgan fingerprint density at radius 2 is 2.03 bits per heavy atom. The molecule has 2 aromatic heterocycles. The topological polar surface area (TPSA) is 78.6 Å². The molecule has 3 heterocycles. The second-order valence-corrected chi connectivity index (χ2v) is 8.26. The number of aliphatic imine (C=N–C) groups is 1. The molecule has 1 aliphatic carbocycles. The highest BCUT2D eigenvalue weighted by atomic mass is 32.1. The average molecular weight is 408 g/mol. The van der Waals surface area contributed by atoms with Gasteiger partial charge in [0.2, 0.25) is 0 Å². The minimum Gasteiger partial charge on any atom is -0.496 e. The Balaban J connectivity index is 1.74. The lowest BCUT2D eigenvalue weighted by Crippen LogP contribution is -2.17. The molecule has 0 saturated heterocycles. The number of benzene rings is 1. The molecule has 148 valence electrons. The molecule has 0 spiro atoms. The summed E-state index contributed by atoms with van der Waals surface area (Å²) in [6, 6.07) is 7.90. The van der Waals surface area contributed by atoms with E-state index in [1.165, 1.54) is 17.6 Å². The number of aromatic nitrogens is 3. The monoisotopic (exact) mass is 408 g/mol. The zero-order valence-electron chi connectivity index (χ0n) is 16.4. The van der Waals surface area contributed by atoms with Crippen molar-refractivity contribution in [2.75, 3.05) is 14.2 Å². The Morgan fingerprint density at radius 1 is 1.21 bits per heavy atom. The number of rotatable bonds is 3. The number of methoxy groups -OCH3 is 2. The number of ether oxygens (including phenoxy) is 2. The van der Waals surface area contributed by atoms with Gasteiger partial charge in [-0.2, -0.15) is 0 Å². The van der Waals surface area contributed by atoms with Gasteiger partial charge in [0.25, 0.3) is 0 Å². The summed E-state index contributed by atoms with van der Waals surface area (Å²) >= 11 is 1.70. The number of para-hydroxylation sites is 1. The molecule has 0 fully saturated rings. The number of esters is 1. The fourth-order valence-corrected chi connectivity index (χ4v) is 5.69. The fourth-order valence-electron chi connectivity index (χ4n) is 4.22. The predicted molar refractivity (Wildman–Crippen MR) is 109 cm³/mol. The van der Waals surface area contributed by atoms with E-state index in [0.29, 0.717) is 19.4 Å². The van der Waals surface area contributed by atoms with Gasteiger partial charge in [-0.25, -0.2) is 0 Å². The Bertz CT molecular complexity index is 1160. The third-order valence-electron chi connectivity index (χ3n) is 5.56. The van der Waals surface area contributed by atoms with E-state index in [4.69, 9.17) is 14.5 Å². The van der Waals surface area contributed by atoms with Crippen molar-refractivity contribution in [2.24, 2.45) is 10.9 Å². The van der Waals surface area contributed by atoms with Gasteiger partial charge < -0.3 is 9.47 Å². The fraction of sp³-hybridized carbons (Fsp3) is 0.333. The molecule has 5 rings (SSSR count). The number of thiophene rings is 1. The van der Waals surface area contributed by atoms with E-state index in [9.17, 15) is 4.79 Å². The largest absolute Gasteiger partial charge is 0.496 e. The van der Waals surface area contributed by atoms with Crippen LogP contribution in [-0.2, 0) is 28.9 Å². The normalized spacial score (nSPS) is 17.1. The summed E-state index contributed by atoms with van der Waals surface area (Å²) < 4.78 is 12.7. The highest BCUT2D eigenvalue weighted by Crippen LogP contribution is 2.43. The summed E-state index contributed by atoms with van der Waals surface area (Å²) in [7, 11) is 3.12. The van der Waals surface area contributed by atoms with Gasteiger partial charge >= 0.3 is 5.97 Å². The van der Waals surface area contributed by atoms with E-state index in [-0.39, 0.29) is 11.9 Å². The maximum absolute atomic E-state index is 12.2. The van der Waals surface area contributed by atoms with Gasteiger partial charge in [-0.15, -0.1) is 21.5 Å². The van der Waals surface area contributed by atoms with Crippen molar-refractivity contribution in [3.63, 3.8) is 0 Å². The first-order valence-electron chi connectivity index (χ1n) is 9.44. The quantitative estimate of drug-likeness (QED) is 0.623. The standard InChI is InChI=1S/C21H20N4O3S/c1-11-23-24-17-10-22-19(13-6-4-5-7-15(13)27-2)18-14-8-12(21(26)28-3)9-16(14)29-20(18)25(11)17/h4-7,12H,8-10H2,1-3H3. The van der Waals surface area contributed by atoms with Crippen LogP contribution in [-0.4, -0.2) is 40.7 Å². The number of fused-ring (bicyclic) bond motifs is 5. The molecule has 1 aromatic carbocycles. The maximum atomic E-state index is 12.2. The van der Waals surface area contributed by atoms with Crippen molar-refractivity contribution in [1.82, 2.24) is 14.8 Å². The third kappa shape index (κ3) is 2.70. The molecular formula is C21H20N4O3S. The van der Waals surface area contributed by atoms with Crippen LogP contribution in [0.25, 0.3) is 5.00 Å². The van der Waals surface area contributed by atoms with Crippen molar-refractivity contribution in [3.8, 4) is 10.8 Å². The molecule has 8 heteroatoms. The van der Waals surface area contributed by atoms with Crippen LogP contribution in [0.1, 0.15) is 33.2 Å². The van der Waals surface area contributed by atoms with Gasteiger partial charge in [-0.05, 0) is 37.5 Å². The number of carbonyl (C=O) groups excluding carboxylic acids is 1. The zero-order chi connectivity index (χ0) is 20.1. The van der Waals surface area contributed by atoms with Crippen LogP contribution in [0.5, 0.6) is 5.75 Å². The van der Waals surface area contributed by atoms with Crippen molar-refractivity contribution in [1.29, 1.82) is 0 Å². The molecule has 0 amide bonds. The van der Waals surface area contributed by atoms with Gasteiger partial charge in [-0.3, -0.25) is 14.4 Å². The lowest BCUT2D eigenvalue weighted by molar-refractivity contribution is -0.145. The number of carbonyl (C=O) groups is 1. The van der Waals surface area contributed by atoms with Crippen LogP contribution in [0.15, 0.2) is 29.3 Å². The van der Waals surface area contributed by atoms with Gasteiger partial charge in [-0.1, -0.05) is 12.1 Å². The van der Waals surface area contributed by atoms with Crippen LogP contribution in [0.2, 0.25) is 0 Å².